The molecule has 33 heavy (non-hydrogen) atoms. The van der Waals surface area contributed by atoms with E-state index in [1.54, 1.807) is 12.1 Å². The summed E-state index contributed by atoms with van der Waals surface area (Å²) in [5.41, 5.74) is 2.59. The van der Waals surface area contributed by atoms with Gasteiger partial charge < -0.3 is 15.4 Å². The molecular weight excluding hydrogens is 442 g/mol. The highest BCUT2D eigenvalue weighted by Gasteiger charge is 2.30. The third-order valence-corrected chi connectivity index (χ3v) is 7.90. The summed E-state index contributed by atoms with van der Waals surface area (Å²) in [6.45, 7) is 3.52. The van der Waals surface area contributed by atoms with E-state index < -0.39 is 10.0 Å². The first kappa shape index (κ1) is 23.4. The van der Waals surface area contributed by atoms with Crippen LogP contribution in [0.5, 0.6) is 0 Å². The van der Waals surface area contributed by atoms with Gasteiger partial charge >= 0.3 is 0 Å². The van der Waals surface area contributed by atoms with E-state index in [9.17, 15) is 18.0 Å². The molecule has 2 aromatic rings. The van der Waals surface area contributed by atoms with Crippen molar-refractivity contribution >= 4 is 27.5 Å². The van der Waals surface area contributed by atoms with Gasteiger partial charge in [-0.25, -0.2) is 8.42 Å². The Hall–Kier alpha value is -2.75. The molecule has 2 fully saturated rings. The first-order valence-electron chi connectivity index (χ1n) is 11.3. The van der Waals surface area contributed by atoms with Crippen molar-refractivity contribution in [2.24, 2.45) is 5.92 Å². The molecule has 8 nitrogen and oxygen atoms in total. The highest BCUT2D eigenvalue weighted by Crippen LogP contribution is 2.30. The molecule has 0 spiro atoms. The number of hydrogen-bond donors (Lipinski definition) is 2. The van der Waals surface area contributed by atoms with Crippen LogP contribution in [0.2, 0.25) is 0 Å². The van der Waals surface area contributed by atoms with Gasteiger partial charge in [-0.2, -0.15) is 4.31 Å². The second-order valence-electron chi connectivity index (χ2n) is 8.34. The van der Waals surface area contributed by atoms with Crippen LogP contribution in [0.4, 0.5) is 5.69 Å². The molecule has 0 atom stereocenters. The maximum Gasteiger partial charge on any atom is 0.251 e. The van der Waals surface area contributed by atoms with Gasteiger partial charge in [-0.3, -0.25) is 9.59 Å². The second-order valence-corrected chi connectivity index (χ2v) is 10.2. The lowest BCUT2D eigenvalue weighted by molar-refractivity contribution is -0.117. The van der Waals surface area contributed by atoms with E-state index in [0.717, 1.165) is 24.1 Å². The number of nitrogens with one attached hydrogen (secondary N) is 2. The van der Waals surface area contributed by atoms with Crippen LogP contribution in [0.1, 0.15) is 41.3 Å². The summed E-state index contributed by atoms with van der Waals surface area (Å²) in [5.74, 6) is -0.156. The zero-order valence-corrected chi connectivity index (χ0v) is 19.5. The fraction of sp³-hybridized carbons (Fsp3) is 0.417. The quantitative estimate of drug-likeness (QED) is 0.616. The summed E-state index contributed by atoms with van der Waals surface area (Å²) in [7, 11) is -3.71. The molecule has 4 rings (SSSR count). The third-order valence-electron chi connectivity index (χ3n) is 5.92. The molecule has 9 heteroatoms. The van der Waals surface area contributed by atoms with Crippen molar-refractivity contribution in [3.63, 3.8) is 0 Å². The Morgan fingerprint density at radius 3 is 2.39 bits per heavy atom. The third kappa shape index (κ3) is 5.61. The summed E-state index contributed by atoms with van der Waals surface area (Å²) in [4.78, 5) is 24.8. The SMILES string of the molecule is CCc1ccc(C(=O)NCc2ccc(NC(=O)C3CC3)cc2)cc1S(=O)(=O)N1CCOCC1. The molecule has 176 valence electrons. The van der Waals surface area contributed by atoms with E-state index in [1.807, 2.05) is 31.2 Å². The number of ether oxygens (including phenoxy) is 1. The summed E-state index contributed by atoms with van der Waals surface area (Å²) >= 11 is 0. The van der Waals surface area contributed by atoms with Crippen molar-refractivity contribution in [1.29, 1.82) is 0 Å². The molecule has 1 saturated heterocycles. The number of anilines is 1. The number of morpholine rings is 1. The van der Waals surface area contributed by atoms with Crippen LogP contribution < -0.4 is 10.6 Å². The van der Waals surface area contributed by atoms with E-state index in [0.29, 0.717) is 43.9 Å². The normalized spacial score (nSPS) is 16.9. The maximum atomic E-state index is 13.2. The summed E-state index contributed by atoms with van der Waals surface area (Å²) in [6, 6.07) is 12.1. The minimum absolute atomic E-state index is 0.0504. The van der Waals surface area contributed by atoms with Crippen LogP contribution in [0, 0.1) is 5.92 Å². The van der Waals surface area contributed by atoms with Crippen molar-refractivity contribution in [2.45, 2.75) is 37.6 Å². The Morgan fingerprint density at radius 2 is 1.76 bits per heavy atom. The first-order chi connectivity index (χ1) is 15.9. The molecule has 0 radical (unpaired) electrons. The fourth-order valence-corrected chi connectivity index (χ4v) is 5.46. The molecular formula is C24H29N3O5S. The second kappa shape index (κ2) is 10.0. The molecule has 1 saturated carbocycles. The lowest BCUT2D eigenvalue weighted by atomic mass is 10.1. The van der Waals surface area contributed by atoms with Crippen LogP contribution in [0.3, 0.4) is 0 Å². The average Bonchev–Trinajstić information content (AvgIpc) is 3.69. The molecule has 1 aliphatic heterocycles. The largest absolute Gasteiger partial charge is 0.379 e. The molecule has 2 N–H and O–H groups in total. The van der Waals surface area contributed by atoms with Crippen molar-refractivity contribution in [3.05, 3.63) is 59.2 Å². The van der Waals surface area contributed by atoms with Crippen molar-refractivity contribution in [2.75, 3.05) is 31.6 Å². The van der Waals surface area contributed by atoms with E-state index in [4.69, 9.17) is 4.74 Å². The monoisotopic (exact) mass is 471 g/mol. The van der Waals surface area contributed by atoms with Gasteiger partial charge in [0.1, 0.15) is 0 Å². The number of nitrogens with zero attached hydrogens (tertiary/aromatic N) is 1. The van der Waals surface area contributed by atoms with Crippen LogP contribution >= 0.6 is 0 Å². The zero-order valence-electron chi connectivity index (χ0n) is 18.7. The Bertz CT molecular complexity index is 1120. The number of carbonyl (C=O) groups is 2. The van der Waals surface area contributed by atoms with Gasteiger partial charge in [0.05, 0.1) is 18.1 Å². The molecule has 2 amide bonds. The Morgan fingerprint density at radius 1 is 1.06 bits per heavy atom. The minimum atomic E-state index is -3.71. The molecule has 1 heterocycles. The number of sulfonamides is 1. The summed E-state index contributed by atoms with van der Waals surface area (Å²) in [5, 5.41) is 5.73. The molecule has 0 bridgehead atoms. The summed E-state index contributed by atoms with van der Waals surface area (Å²) in [6.07, 6.45) is 2.44. The molecule has 2 aromatic carbocycles. The number of rotatable bonds is 8. The molecule has 2 aliphatic rings. The first-order valence-corrected chi connectivity index (χ1v) is 12.7. The van der Waals surface area contributed by atoms with Gasteiger partial charge in [-0.05, 0) is 54.7 Å². The van der Waals surface area contributed by atoms with E-state index in [2.05, 4.69) is 10.6 Å². The number of benzene rings is 2. The van der Waals surface area contributed by atoms with Crippen LogP contribution in [-0.4, -0.2) is 50.8 Å². The van der Waals surface area contributed by atoms with Gasteiger partial charge in [-0.15, -0.1) is 0 Å². The van der Waals surface area contributed by atoms with Crippen molar-refractivity contribution in [1.82, 2.24) is 9.62 Å². The molecule has 1 aliphatic carbocycles. The van der Waals surface area contributed by atoms with Gasteiger partial charge in [0, 0.05) is 36.8 Å². The van der Waals surface area contributed by atoms with E-state index in [1.165, 1.54) is 10.4 Å². The highest BCUT2D eigenvalue weighted by atomic mass is 32.2. The number of aryl methyl sites for hydroxylation is 1. The van der Waals surface area contributed by atoms with E-state index in [-0.39, 0.29) is 29.2 Å². The Kier molecular flexibility index (Phi) is 7.11. The minimum Gasteiger partial charge on any atom is -0.379 e. The van der Waals surface area contributed by atoms with Crippen LogP contribution in [0.25, 0.3) is 0 Å². The number of hydrogen-bond acceptors (Lipinski definition) is 5. The fourth-order valence-electron chi connectivity index (χ4n) is 3.73. The number of amides is 2. The lowest BCUT2D eigenvalue weighted by Crippen LogP contribution is -2.41. The van der Waals surface area contributed by atoms with Gasteiger partial charge in [0.2, 0.25) is 15.9 Å². The number of carbonyl (C=O) groups excluding carboxylic acids is 2. The Labute approximate surface area is 194 Å². The van der Waals surface area contributed by atoms with E-state index >= 15 is 0 Å². The highest BCUT2D eigenvalue weighted by molar-refractivity contribution is 7.89. The lowest BCUT2D eigenvalue weighted by Gasteiger charge is -2.27. The topological polar surface area (TPSA) is 105 Å². The van der Waals surface area contributed by atoms with Crippen molar-refractivity contribution < 1.29 is 22.7 Å². The van der Waals surface area contributed by atoms with Crippen LogP contribution in [0.15, 0.2) is 47.4 Å². The standard InChI is InChI=1S/C24H29N3O5S/c1-2-18-5-8-20(15-22(18)33(30,31)27-11-13-32-14-12-27)23(28)25-16-17-3-9-21(10-4-17)26-24(29)19-6-7-19/h3-5,8-10,15,19H,2,6-7,11-14,16H2,1H3,(H,25,28)(H,26,29). The van der Waals surface area contributed by atoms with Gasteiger partial charge in [0.15, 0.2) is 0 Å². The summed E-state index contributed by atoms with van der Waals surface area (Å²) < 4.78 is 33.1. The predicted octanol–water partition coefficient (Wildman–Crippen LogP) is 2.55. The van der Waals surface area contributed by atoms with Crippen molar-refractivity contribution in [3.8, 4) is 0 Å². The average molecular weight is 472 g/mol. The smallest absolute Gasteiger partial charge is 0.251 e. The molecule has 0 unspecified atom stereocenters. The zero-order chi connectivity index (χ0) is 23.4. The predicted molar refractivity (Wildman–Crippen MR) is 124 cm³/mol. The molecule has 0 aromatic heterocycles. The van der Waals surface area contributed by atoms with Gasteiger partial charge in [-0.1, -0.05) is 25.1 Å². The van der Waals surface area contributed by atoms with Gasteiger partial charge in [0.25, 0.3) is 5.91 Å². The maximum absolute atomic E-state index is 13.2. The Balaban J connectivity index is 1.42. The van der Waals surface area contributed by atoms with Crippen LogP contribution in [-0.2, 0) is 32.5 Å².